The number of fused-ring (bicyclic) bond motifs is 13. The Bertz CT molecular complexity index is 1740. The zero-order valence-electron chi connectivity index (χ0n) is 16.6. The van der Waals surface area contributed by atoms with E-state index in [1.54, 1.807) is 0 Å². The molecule has 0 N–H and O–H groups in total. The first-order chi connectivity index (χ1) is 15.4. The van der Waals surface area contributed by atoms with Crippen LogP contribution < -0.4 is 0 Å². The minimum absolute atomic E-state index is 0.866. The van der Waals surface area contributed by atoms with E-state index in [1.165, 1.54) is 39.1 Å². The van der Waals surface area contributed by atoms with Crippen LogP contribution in [0.1, 0.15) is 22.4 Å². The van der Waals surface area contributed by atoms with Gasteiger partial charge in [0.25, 0.3) is 0 Å². The second kappa shape index (κ2) is 5.35. The number of pyridine rings is 3. The van der Waals surface area contributed by atoms with E-state index in [4.69, 9.17) is 9.97 Å². The van der Waals surface area contributed by atoms with Crippen LogP contribution in [0.5, 0.6) is 0 Å². The maximum Gasteiger partial charge on any atom is 0.147 e. The van der Waals surface area contributed by atoms with E-state index < -0.39 is 0 Å². The van der Waals surface area contributed by atoms with Gasteiger partial charge in [0.1, 0.15) is 5.65 Å². The summed E-state index contributed by atoms with van der Waals surface area (Å²) in [5, 5.41) is 2.16. The van der Waals surface area contributed by atoms with Crippen molar-refractivity contribution in [3.05, 3.63) is 95.6 Å². The van der Waals surface area contributed by atoms with Crippen molar-refractivity contribution in [1.29, 1.82) is 0 Å². The average Bonchev–Trinajstić information content (AvgIpc) is 3.47. The van der Waals surface area contributed by atoms with Gasteiger partial charge in [-0.15, -0.1) is 0 Å². The molecule has 0 aliphatic heterocycles. The summed E-state index contributed by atoms with van der Waals surface area (Å²) in [6.45, 7) is 0. The van der Waals surface area contributed by atoms with Gasteiger partial charge >= 0.3 is 0 Å². The molecule has 4 aromatic heterocycles. The van der Waals surface area contributed by atoms with Crippen LogP contribution in [0.15, 0.2) is 73.2 Å². The highest BCUT2D eigenvalue weighted by atomic mass is 15.0. The molecule has 6 aromatic rings. The van der Waals surface area contributed by atoms with Crippen molar-refractivity contribution in [3.8, 4) is 22.4 Å². The van der Waals surface area contributed by atoms with E-state index in [1.807, 2.05) is 30.7 Å². The molecule has 4 heterocycles. The summed E-state index contributed by atoms with van der Waals surface area (Å²) in [6.07, 6.45) is 7.48. The second-order valence-corrected chi connectivity index (χ2v) is 8.54. The summed E-state index contributed by atoms with van der Waals surface area (Å²) < 4.78 is 2.31. The molecule has 0 saturated carbocycles. The molecule has 0 spiro atoms. The van der Waals surface area contributed by atoms with Crippen molar-refractivity contribution in [1.82, 2.24) is 19.4 Å². The molecule has 0 atom stereocenters. The third-order valence-corrected chi connectivity index (χ3v) is 6.92. The molecule has 4 nitrogen and oxygen atoms in total. The normalized spacial score (nSPS) is 13.5. The smallest absolute Gasteiger partial charge is 0.147 e. The Labute approximate surface area is 177 Å². The molecule has 4 heteroatoms. The fraction of sp³-hybridized carbons (Fsp3) is 0.0741. The number of hydrogen-bond acceptors (Lipinski definition) is 3. The molecule has 0 unspecified atom stereocenters. The van der Waals surface area contributed by atoms with Crippen LogP contribution in [-0.4, -0.2) is 19.4 Å². The third-order valence-electron chi connectivity index (χ3n) is 6.92. The van der Waals surface area contributed by atoms with Crippen molar-refractivity contribution in [2.24, 2.45) is 0 Å². The van der Waals surface area contributed by atoms with Crippen LogP contribution in [0.2, 0.25) is 0 Å². The Morgan fingerprint density at radius 2 is 1.65 bits per heavy atom. The minimum atomic E-state index is 0.866. The minimum Gasteiger partial charge on any atom is -0.290 e. The maximum atomic E-state index is 5.13. The van der Waals surface area contributed by atoms with Crippen LogP contribution in [0, 0.1) is 0 Å². The Morgan fingerprint density at radius 3 is 2.65 bits per heavy atom. The molecule has 0 bridgehead atoms. The SMILES string of the molecule is c1ccc2c(c1)Cc1cc3c(cc1-2)Cc1nc2c4cnccc4c4ncccc4n2c1-3. The fourth-order valence-corrected chi connectivity index (χ4v) is 5.62. The summed E-state index contributed by atoms with van der Waals surface area (Å²) in [5.74, 6) is 0. The zero-order chi connectivity index (χ0) is 20.1. The van der Waals surface area contributed by atoms with Gasteiger partial charge in [0.15, 0.2) is 0 Å². The van der Waals surface area contributed by atoms with Crippen LogP contribution in [0.3, 0.4) is 0 Å². The highest BCUT2D eigenvalue weighted by Crippen LogP contribution is 2.46. The lowest BCUT2D eigenvalue weighted by Gasteiger charge is -2.11. The molecular formula is C27H16N4. The second-order valence-electron chi connectivity index (χ2n) is 8.54. The molecule has 0 saturated heterocycles. The highest BCUT2D eigenvalue weighted by Gasteiger charge is 2.30. The molecule has 0 amide bonds. The Kier molecular flexibility index (Phi) is 2.72. The van der Waals surface area contributed by atoms with Gasteiger partial charge in [0.2, 0.25) is 0 Å². The first kappa shape index (κ1) is 15.7. The molecule has 144 valence electrons. The summed E-state index contributed by atoms with van der Waals surface area (Å²) in [4.78, 5) is 14.2. The Balaban J connectivity index is 1.49. The van der Waals surface area contributed by atoms with E-state index in [2.05, 4.69) is 51.8 Å². The van der Waals surface area contributed by atoms with Crippen LogP contribution >= 0.6 is 0 Å². The van der Waals surface area contributed by atoms with Crippen molar-refractivity contribution >= 4 is 27.5 Å². The van der Waals surface area contributed by atoms with Crippen molar-refractivity contribution in [2.45, 2.75) is 12.8 Å². The molecule has 31 heavy (non-hydrogen) atoms. The van der Waals surface area contributed by atoms with Gasteiger partial charge in [-0.2, -0.15) is 0 Å². The molecule has 2 aliphatic rings. The van der Waals surface area contributed by atoms with Crippen LogP contribution in [-0.2, 0) is 12.8 Å². The van der Waals surface area contributed by atoms with Gasteiger partial charge in [0, 0.05) is 41.3 Å². The quantitative estimate of drug-likeness (QED) is 0.315. The van der Waals surface area contributed by atoms with E-state index in [9.17, 15) is 0 Å². The summed E-state index contributed by atoms with van der Waals surface area (Å²) >= 11 is 0. The van der Waals surface area contributed by atoms with Crippen molar-refractivity contribution < 1.29 is 0 Å². The number of nitrogens with zero attached hydrogens (tertiary/aromatic N) is 4. The zero-order valence-corrected chi connectivity index (χ0v) is 16.6. The van der Waals surface area contributed by atoms with Crippen molar-refractivity contribution in [3.63, 3.8) is 0 Å². The first-order valence-electron chi connectivity index (χ1n) is 10.6. The van der Waals surface area contributed by atoms with E-state index in [0.29, 0.717) is 0 Å². The maximum absolute atomic E-state index is 5.13. The Morgan fingerprint density at radius 1 is 0.742 bits per heavy atom. The van der Waals surface area contributed by atoms with Crippen LogP contribution in [0.25, 0.3) is 49.8 Å². The van der Waals surface area contributed by atoms with Gasteiger partial charge < -0.3 is 0 Å². The summed E-state index contributed by atoms with van der Waals surface area (Å²) in [7, 11) is 0. The fourth-order valence-electron chi connectivity index (χ4n) is 5.62. The number of hydrogen-bond donors (Lipinski definition) is 0. The number of rotatable bonds is 0. The monoisotopic (exact) mass is 396 g/mol. The topological polar surface area (TPSA) is 43.1 Å². The standard InChI is InChI=1S/C27H16N4/c1-2-5-18-15(4-1)10-16-12-21-17(11-20(16)18)13-23-26(21)31-24-6-3-8-29-25(24)19-7-9-28-14-22(19)27(31)30-23/h1-9,11-12,14H,10,13H2. The molecule has 2 aliphatic carbocycles. The number of benzene rings is 2. The summed E-state index contributed by atoms with van der Waals surface area (Å²) in [6, 6.07) is 19.8. The number of imidazole rings is 1. The predicted octanol–water partition coefficient (Wildman–Crippen LogP) is 5.57. The van der Waals surface area contributed by atoms with E-state index in [-0.39, 0.29) is 0 Å². The molecule has 0 radical (unpaired) electrons. The van der Waals surface area contributed by atoms with Crippen molar-refractivity contribution in [2.75, 3.05) is 0 Å². The first-order valence-corrected chi connectivity index (χ1v) is 10.6. The Hall–Kier alpha value is -4.05. The van der Waals surface area contributed by atoms with E-state index in [0.717, 1.165) is 46.0 Å². The largest absolute Gasteiger partial charge is 0.290 e. The van der Waals surface area contributed by atoms with Gasteiger partial charge in [-0.25, -0.2) is 4.98 Å². The molecular weight excluding hydrogens is 380 g/mol. The summed E-state index contributed by atoms with van der Waals surface area (Å²) in [5.41, 5.74) is 13.7. The molecule has 8 rings (SSSR count). The van der Waals surface area contributed by atoms with Gasteiger partial charge in [0.05, 0.1) is 22.4 Å². The van der Waals surface area contributed by atoms with Gasteiger partial charge in [-0.05, 0) is 64.6 Å². The lowest BCUT2D eigenvalue weighted by Crippen LogP contribution is -1.96. The van der Waals surface area contributed by atoms with Crippen LogP contribution in [0.4, 0.5) is 0 Å². The molecule has 2 aromatic carbocycles. The highest BCUT2D eigenvalue weighted by molar-refractivity contribution is 6.10. The predicted molar refractivity (Wildman–Crippen MR) is 122 cm³/mol. The van der Waals surface area contributed by atoms with Gasteiger partial charge in [-0.1, -0.05) is 24.3 Å². The molecule has 0 fully saturated rings. The van der Waals surface area contributed by atoms with Gasteiger partial charge in [-0.3, -0.25) is 14.4 Å². The lowest BCUT2D eigenvalue weighted by molar-refractivity contribution is 1.16. The third kappa shape index (κ3) is 1.88. The lowest BCUT2D eigenvalue weighted by atomic mass is 9.99. The average molecular weight is 396 g/mol. The number of aromatic nitrogens is 4. The van der Waals surface area contributed by atoms with E-state index >= 15 is 0 Å².